The molecule has 1 aliphatic heterocycles. The molecule has 9 aromatic carbocycles. The van der Waals surface area contributed by atoms with E-state index in [1.54, 1.807) is 0 Å². The molecule has 0 atom stereocenters. The molecule has 0 saturated heterocycles. The number of anilines is 6. The van der Waals surface area contributed by atoms with Gasteiger partial charge in [-0.05, 0) is 90.0 Å². The lowest BCUT2D eigenvalue weighted by atomic mass is 10.0. The van der Waals surface area contributed by atoms with E-state index in [1.807, 2.05) is 34.4 Å². The maximum absolute atomic E-state index is 2.48. The summed E-state index contributed by atoms with van der Waals surface area (Å²) in [5.41, 5.74) is 10.5. The maximum atomic E-state index is 2.48. The molecule has 292 valence electrons. The molecule has 0 saturated carbocycles. The summed E-state index contributed by atoms with van der Waals surface area (Å²) < 4.78 is 7.61. The molecule has 62 heavy (non-hydrogen) atoms. The SMILES string of the molecule is c1ccc(-n2c3c(c4ccccc42)Sc2ccccc2N3c2ccc(-c3ccc(N(c4cccc5c4sc4ccccc45)c4cccc5c4sc4ccccc45)cc3)cc2)cc1. The first-order valence-corrected chi connectivity index (χ1v) is 23.3. The number of thiophene rings is 2. The summed E-state index contributed by atoms with van der Waals surface area (Å²) in [6.07, 6.45) is 0. The molecule has 3 nitrogen and oxygen atoms in total. The molecule has 12 aromatic rings. The number of aromatic nitrogens is 1. The Hall–Kier alpha value is -7.09. The number of fused-ring (bicyclic) bond motifs is 10. The third-order valence-electron chi connectivity index (χ3n) is 12.2. The van der Waals surface area contributed by atoms with Crippen molar-refractivity contribution in [1.82, 2.24) is 4.57 Å². The summed E-state index contributed by atoms with van der Waals surface area (Å²) in [7, 11) is 0. The number of para-hydroxylation sites is 3. The largest absolute Gasteiger partial charge is 0.308 e. The molecule has 0 aliphatic carbocycles. The number of hydrogen-bond donors (Lipinski definition) is 0. The highest BCUT2D eigenvalue weighted by Crippen LogP contribution is 2.56. The van der Waals surface area contributed by atoms with Crippen molar-refractivity contribution in [3.63, 3.8) is 0 Å². The zero-order chi connectivity index (χ0) is 40.7. The first-order valence-electron chi connectivity index (χ1n) is 20.8. The monoisotopic (exact) mass is 845 g/mol. The van der Waals surface area contributed by atoms with Crippen LogP contribution in [0.15, 0.2) is 222 Å². The van der Waals surface area contributed by atoms with Crippen LogP contribution in [0, 0.1) is 0 Å². The minimum atomic E-state index is 1.12. The van der Waals surface area contributed by atoms with Gasteiger partial charge in [0.05, 0.1) is 36.9 Å². The van der Waals surface area contributed by atoms with Gasteiger partial charge in [0.25, 0.3) is 0 Å². The van der Waals surface area contributed by atoms with Crippen molar-refractivity contribution in [3.8, 4) is 16.8 Å². The van der Waals surface area contributed by atoms with Gasteiger partial charge in [-0.15, -0.1) is 22.7 Å². The molecule has 6 heteroatoms. The second kappa shape index (κ2) is 14.3. The van der Waals surface area contributed by atoms with Gasteiger partial charge in [-0.25, -0.2) is 0 Å². The van der Waals surface area contributed by atoms with E-state index < -0.39 is 0 Å². The van der Waals surface area contributed by atoms with Gasteiger partial charge >= 0.3 is 0 Å². The summed E-state index contributed by atoms with van der Waals surface area (Å²) >= 11 is 5.62. The number of benzene rings is 9. The Morgan fingerprint density at radius 3 is 1.58 bits per heavy atom. The maximum Gasteiger partial charge on any atom is 0.137 e. The molecule has 13 rings (SSSR count). The molecule has 3 aromatic heterocycles. The van der Waals surface area contributed by atoms with Crippen LogP contribution in [-0.4, -0.2) is 4.57 Å². The van der Waals surface area contributed by atoms with Gasteiger partial charge in [0, 0.05) is 58.3 Å². The Balaban J connectivity index is 0.930. The Kier molecular flexibility index (Phi) is 8.19. The van der Waals surface area contributed by atoms with Crippen molar-refractivity contribution in [2.45, 2.75) is 9.79 Å². The summed E-state index contributed by atoms with van der Waals surface area (Å²) in [6, 6.07) is 77.7. The topological polar surface area (TPSA) is 11.4 Å². The lowest BCUT2D eigenvalue weighted by Gasteiger charge is -2.33. The highest BCUT2D eigenvalue weighted by molar-refractivity contribution is 8.00. The molecule has 1 aliphatic rings. The van der Waals surface area contributed by atoms with E-state index in [1.165, 1.54) is 95.0 Å². The Labute approximate surface area is 371 Å². The third kappa shape index (κ3) is 5.51. The van der Waals surface area contributed by atoms with Crippen molar-refractivity contribution in [2.24, 2.45) is 0 Å². The Bertz CT molecular complexity index is 3560. The van der Waals surface area contributed by atoms with E-state index in [2.05, 4.69) is 227 Å². The van der Waals surface area contributed by atoms with E-state index in [0.717, 1.165) is 17.1 Å². The molecular weight excluding hydrogens is 811 g/mol. The van der Waals surface area contributed by atoms with Crippen molar-refractivity contribution >= 4 is 120 Å². The van der Waals surface area contributed by atoms with Crippen molar-refractivity contribution < 1.29 is 0 Å². The van der Waals surface area contributed by atoms with Crippen LogP contribution in [-0.2, 0) is 0 Å². The fourth-order valence-corrected chi connectivity index (χ4v) is 13.0. The molecule has 0 N–H and O–H groups in total. The first-order chi connectivity index (χ1) is 30.8. The summed E-state index contributed by atoms with van der Waals surface area (Å²) in [5, 5.41) is 6.45. The van der Waals surface area contributed by atoms with Crippen molar-refractivity contribution in [3.05, 3.63) is 212 Å². The van der Waals surface area contributed by atoms with Gasteiger partial charge in [-0.3, -0.25) is 9.47 Å². The van der Waals surface area contributed by atoms with E-state index in [0.29, 0.717) is 0 Å². The zero-order valence-electron chi connectivity index (χ0n) is 33.3. The van der Waals surface area contributed by atoms with E-state index in [4.69, 9.17) is 0 Å². The van der Waals surface area contributed by atoms with Gasteiger partial charge in [0.2, 0.25) is 0 Å². The Morgan fingerprint density at radius 2 is 0.919 bits per heavy atom. The van der Waals surface area contributed by atoms with Crippen LogP contribution in [0.3, 0.4) is 0 Å². The minimum Gasteiger partial charge on any atom is -0.308 e. The van der Waals surface area contributed by atoms with Gasteiger partial charge in [-0.2, -0.15) is 0 Å². The smallest absolute Gasteiger partial charge is 0.137 e. The van der Waals surface area contributed by atoms with Gasteiger partial charge in [0.15, 0.2) is 0 Å². The van der Waals surface area contributed by atoms with Crippen LogP contribution in [0.4, 0.5) is 34.3 Å². The van der Waals surface area contributed by atoms with E-state index >= 15 is 0 Å². The van der Waals surface area contributed by atoms with Crippen molar-refractivity contribution in [2.75, 3.05) is 9.80 Å². The van der Waals surface area contributed by atoms with Crippen molar-refractivity contribution in [1.29, 1.82) is 0 Å². The normalized spacial score (nSPS) is 12.4. The average molecular weight is 846 g/mol. The molecular formula is C56H35N3S3. The lowest BCUT2D eigenvalue weighted by Crippen LogP contribution is -2.17. The first kappa shape index (κ1) is 35.6. The van der Waals surface area contributed by atoms with Crippen LogP contribution >= 0.6 is 34.4 Å². The van der Waals surface area contributed by atoms with Crippen LogP contribution in [0.5, 0.6) is 0 Å². The predicted octanol–water partition coefficient (Wildman–Crippen LogP) is 17.4. The van der Waals surface area contributed by atoms with Crippen LogP contribution in [0.25, 0.3) is 68.1 Å². The molecule has 0 radical (unpaired) electrons. The average Bonchev–Trinajstić information content (AvgIpc) is 4.02. The summed E-state index contributed by atoms with van der Waals surface area (Å²) in [6.45, 7) is 0. The second-order valence-corrected chi connectivity index (χ2v) is 18.8. The number of nitrogens with zero attached hydrogens (tertiary/aromatic N) is 3. The van der Waals surface area contributed by atoms with Crippen LogP contribution < -0.4 is 9.80 Å². The van der Waals surface area contributed by atoms with Gasteiger partial charge in [0.1, 0.15) is 5.82 Å². The molecule has 0 unspecified atom stereocenters. The van der Waals surface area contributed by atoms with E-state index in [-0.39, 0.29) is 0 Å². The van der Waals surface area contributed by atoms with E-state index in [9.17, 15) is 0 Å². The highest BCUT2D eigenvalue weighted by atomic mass is 32.2. The van der Waals surface area contributed by atoms with Crippen LogP contribution in [0.1, 0.15) is 0 Å². The van der Waals surface area contributed by atoms with Crippen LogP contribution in [0.2, 0.25) is 0 Å². The molecule has 4 heterocycles. The minimum absolute atomic E-state index is 1.12. The molecule has 0 spiro atoms. The number of rotatable bonds is 6. The Morgan fingerprint density at radius 1 is 0.387 bits per heavy atom. The van der Waals surface area contributed by atoms with Gasteiger partial charge < -0.3 is 4.90 Å². The zero-order valence-corrected chi connectivity index (χ0v) is 35.7. The fraction of sp³-hybridized carbons (Fsp3) is 0. The lowest BCUT2D eigenvalue weighted by molar-refractivity contribution is 1.03. The third-order valence-corrected chi connectivity index (χ3v) is 15.8. The second-order valence-electron chi connectivity index (χ2n) is 15.7. The molecule has 0 fully saturated rings. The number of hydrogen-bond acceptors (Lipinski definition) is 5. The quantitative estimate of drug-likeness (QED) is 0.165. The fourth-order valence-electron chi connectivity index (χ4n) is 9.38. The molecule has 0 amide bonds. The highest BCUT2D eigenvalue weighted by Gasteiger charge is 2.32. The van der Waals surface area contributed by atoms with Gasteiger partial charge in [-0.1, -0.05) is 145 Å². The predicted molar refractivity (Wildman–Crippen MR) is 268 cm³/mol. The molecule has 0 bridgehead atoms. The summed E-state index contributed by atoms with van der Waals surface area (Å²) in [5.74, 6) is 1.17. The standard InChI is InChI=1S/C56H35N3S3/c1-2-14-38(15-3-1)58-46-21-7-4-18-45(46)55-56(58)59(47-22-8-11-27-52(47)62-55)40-34-30-37(31-35-40)36-28-32-39(33-29-36)57(48-23-12-19-43-41-16-5-9-25-50(41)60-53(43)48)49-24-13-20-44-42-17-6-10-26-51(42)61-54(44)49/h1-35H. The summed E-state index contributed by atoms with van der Waals surface area (Å²) in [4.78, 5) is 7.45.